The van der Waals surface area contributed by atoms with E-state index in [1.807, 2.05) is 83.7 Å². The van der Waals surface area contributed by atoms with E-state index < -0.39 is 0 Å². The molecule has 0 aliphatic rings. The topological polar surface area (TPSA) is 97.2 Å². The van der Waals surface area contributed by atoms with Crippen LogP contribution in [0.5, 0.6) is 0 Å². The molecule has 3 heterocycles. The molecule has 7 aromatic rings. The van der Waals surface area contributed by atoms with Gasteiger partial charge >= 0.3 is 0 Å². The van der Waals surface area contributed by atoms with Crippen molar-refractivity contribution in [1.29, 1.82) is 0 Å². The first-order chi connectivity index (χ1) is 19.3. The molecule has 0 saturated heterocycles. The van der Waals surface area contributed by atoms with Crippen molar-refractivity contribution < 1.29 is 0 Å². The van der Waals surface area contributed by atoms with Crippen LogP contribution in [0.3, 0.4) is 0 Å². The predicted molar refractivity (Wildman–Crippen MR) is 151 cm³/mol. The van der Waals surface area contributed by atoms with Gasteiger partial charge in [-0.3, -0.25) is 4.98 Å². The van der Waals surface area contributed by atoms with Crippen LogP contribution in [0.1, 0.15) is 34.6 Å². The summed E-state index contributed by atoms with van der Waals surface area (Å²) in [4.78, 5) is 12.3. The molecule has 8 heteroatoms. The number of nitrogens with zero attached hydrogens (tertiary/aromatic N) is 6. The first-order valence-corrected chi connectivity index (χ1v) is 12.8. The molecular weight excluding hydrogens is 484 g/mol. The summed E-state index contributed by atoms with van der Waals surface area (Å²) in [6.45, 7) is 0. The maximum atomic E-state index is 4.75. The van der Waals surface area contributed by atoms with Crippen LogP contribution in [0.15, 0.2) is 122 Å². The molecular formula is C31H24N8. The molecule has 0 aliphatic heterocycles. The van der Waals surface area contributed by atoms with Crippen molar-refractivity contribution in [1.82, 2.24) is 35.2 Å². The van der Waals surface area contributed by atoms with E-state index >= 15 is 0 Å². The summed E-state index contributed by atoms with van der Waals surface area (Å²) in [7, 11) is 0. The van der Waals surface area contributed by atoms with Crippen LogP contribution in [-0.2, 0) is 0 Å². The van der Waals surface area contributed by atoms with Gasteiger partial charge in [-0.05, 0) is 51.9 Å². The first-order valence-electron chi connectivity index (χ1n) is 12.8. The third-order valence-electron chi connectivity index (χ3n) is 6.93. The molecule has 0 bridgehead atoms. The summed E-state index contributed by atoms with van der Waals surface area (Å²) in [5.74, 6) is 0.673. The van der Waals surface area contributed by atoms with E-state index in [2.05, 4.69) is 67.2 Å². The Morgan fingerprint density at radius 2 is 1.44 bits per heavy atom. The van der Waals surface area contributed by atoms with Crippen LogP contribution < -0.4 is 5.32 Å². The Morgan fingerprint density at radius 3 is 2.23 bits per heavy atom. The highest BCUT2D eigenvalue weighted by Gasteiger charge is 2.28. The number of rotatable bonds is 7. The van der Waals surface area contributed by atoms with Crippen LogP contribution in [0.2, 0.25) is 0 Å². The van der Waals surface area contributed by atoms with Crippen LogP contribution in [0.25, 0.3) is 21.9 Å². The molecule has 8 nitrogen and oxygen atoms in total. The zero-order valence-electron chi connectivity index (χ0n) is 20.9. The number of tetrazole rings is 1. The van der Waals surface area contributed by atoms with Gasteiger partial charge in [-0.1, -0.05) is 78.9 Å². The van der Waals surface area contributed by atoms with E-state index in [1.165, 1.54) is 0 Å². The number of imidazole rings is 1. The molecule has 0 radical (unpaired) electrons. The summed E-state index contributed by atoms with van der Waals surface area (Å²) in [5.41, 5.74) is 6.81. The normalized spacial score (nSPS) is 12.2. The number of hydrogen-bond acceptors (Lipinski definition) is 6. The second kappa shape index (κ2) is 9.83. The van der Waals surface area contributed by atoms with E-state index in [4.69, 9.17) is 4.98 Å². The third-order valence-corrected chi connectivity index (χ3v) is 6.93. The zero-order chi connectivity index (χ0) is 26.0. The fourth-order valence-electron chi connectivity index (χ4n) is 5.05. The number of fused-ring (bicyclic) bond motifs is 2. The van der Waals surface area contributed by atoms with E-state index in [0.29, 0.717) is 5.82 Å². The van der Waals surface area contributed by atoms with Gasteiger partial charge < -0.3 is 10.3 Å². The molecule has 39 heavy (non-hydrogen) atoms. The summed E-state index contributed by atoms with van der Waals surface area (Å²) >= 11 is 0. The highest BCUT2D eigenvalue weighted by molar-refractivity contribution is 5.80. The number of hydrogen-bond donors (Lipinski definition) is 2. The largest absolute Gasteiger partial charge is 0.371 e. The monoisotopic (exact) mass is 508 g/mol. The summed E-state index contributed by atoms with van der Waals surface area (Å²) < 4.78 is 1.91. The minimum Gasteiger partial charge on any atom is -0.371 e. The van der Waals surface area contributed by atoms with Crippen molar-refractivity contribution in [3.8, 4) is 0 Å². The number of nitrogens with one attached hydrogen (secondary N) is 2. The standard InChI is InChI=1S/C31H24N8/c1-3-9-21(10-4-1)30(22-11-5-2-6-12-22)39-31(36-37-38-39)29(24-17-23-13-7-8-14-26(23)32-19-24)35-25-15-16-27-28(18-25)34-20-33-27/h1-20,29-30,35H,(H,33,34). The lowest BCUT2D eigenvalue weighted by molar-refractivity contribution is 0.539. The molecule has 0 spiro atoms. The number of para-hydroxylation sites is 1. The van der Waals surface area contributed by atoms with Gasteiger partial charge in [0.25, 0.3) is 0 Å². The lowest BCUT2D eigenvalue weighted by atomic mass is 9.98. The second-order valence-corrected chi connectivity index (χ2v) is 9.38. The maximum Gasteiger partial charge on any atom is 0.179 e. The molecule has 1 unspecified atom stereocenters. The van der Waals surface area contributed by atoms with Crippen molar-refractivity contribution in [3.63, 3.8) is 0 Å². The van der Waals surface area contributed by atoms with Gasteiger partial charge in [-0.2, -0.15) is 0 Å². The Bertz CT molecular complexity index is 1820. The van der Waals surface area contributed by atoms with Crippen LogP contribution >= 0.6 is 0 Å². The fourth-order valence-corrected chi connectivity index (χ4v) is 5.05. The molecule has 188 valence electrons. The van der Waals surface area contributed by atoms with Gasteiger partial charge in [0, 0.05) is 22.8 Å². The van der Waals surface area contributed by atoms with Gasteiger partial charge in [-0.15, -0.1) is 5.10 Å². The number of aromatic amines is 1. The predicted octanol–water partition coefficient (Wildman–Crippen LogP) is 5.94. The smallest absolute Gasteiger partial charge is 0.179 e. The maximum absolute atomic E-state index is 4.75. The molecule has 0 amide bonds. The lowest BCUT2D eigenvalue weighted by Gasteiger charge is -2.24. The quantitative estimate of drug-likeness (QED) is 0.277. The molecule has 2 N–H and O–H groups in total. The number of pyridine rings is 1. The number of anilines is 1. The van der Waals surface area contributed by atoms with Gasteiger partial charge in [0.05, 0.1) is 22.9 Å². The van der Waals surface area contributed by atoms with Gasteiger partial charge in [0.2, 0.25) is 0 Å². The molecule has 0 aliphatic carbocycles. The number of benzene rings is 4. The van der Waals surface area contributed by atoms with E-state index in [-0.39, 0.29) is 12.1 Å². The highest BCUT2D eigenvalue weighted by Crippen LogP contribution is 2.33. The lowest BCUT2D eigenvalue weighted by Crippen LogP contribution is -2.23. The molecule has 0 fully saturated rings. The number of aromatic nitrogens is 7. The molecule has 4 aromatic carbocycles. The minimum atomic E-state index is -0.386. The second-order valence-electron chi connectivity index (χ2n) is 9.38. The van der Waals surface area contributed by atoms with Crippen LogP contribution in [0.4, 0.5) is 5.69 Å². The average Bonchev–Trinajstić information content (AvgIpc) is 3.67. The number of H-pyrrole nitrogens is 1. The van der Waals surface area contributed by atoms with Crippen molar-refractivity contribution in [3.05, 3.63) is 144 Å². The zero-order valence-corrected chi connectivity index (χ0v) is 20.9. The van der Waals surface area contributed by atoms with Gasteiger partial charge in [-0.25, -0.2) is 9.67 Å². The summed E-state index contributed by atoms with van der Waals surface area (Å²) in [6.07, 6.45) is 3.59. The van der Waals surface area contributed by atoms with Crippen molar-refractivity contribution >= 4 is 27.6 Å². The Kier molecular flexibility index (Phi) is 5.75. The van der Waals surface area contributed by atoms with Crippen molar-refractivity contribution in [2.75, 3.05) is 5.32 Å². The van der Waals surface area contributed by atoms with E-state index in [9.17, 15) is 0 Å². The molecule has 1 atom stereocenters. The van der Waals surface area contributed by atoms with Gasteiger partial charge in [0.1, 0.15) is 12.1 Å². The fraction of sp³-hybridized carbons (Fsp3) is 0.0645. The van der Waals surface area contributed by atoms with Crippen LogP contribution in [0, 0.1) is 0 Å². The minimum absolute atomic E-state index is 0.219. The molecule has 0 saturated carbocycles. The van der Waals surface area contributed by atoms with E-state index in [0.717, 1.165) is 44.3 Å². The first kappa shape index (κ1) is 22.8. The average molecular weight is 509 g/mol. The third kappa shape index (κ3) is 4.38. The molecule has 7 rings (SSSR count). The van der Waals surface area contributed by atoms with Crippen molar-refractivity contribution in [2.45, 2.75) is 12.1 Å². The van der Waals surface area contributed by atoms with E-state index in [1.54, 1.807) is 6.33 Å². The summed E-state index contributed by atoms with van der Waals surface area (Å²) in [5, 5.41) is 18.0. The van der Waals surface area contributed by atoms with Gasteiger partial charge in [0.15, 0.2) is 5.82 Å². The Morgan fingerprint density at radius 1 is 0.692 bits per heavy atom. The SMILES string of the molecule is c1ccc(C(c2ccccc2)n2nnnc2C(Nc2ccc3[nH]cnc3c2)c2cnc3ccccc3c2)cc1. The van der Waals surface area contributed by atoms with Crippen molar-refractivity contribution in [2.24, 2.45) is 0 Å². The highest BCUT2D eigenvalue weighted by atomic mass is 15.6. The Hall–Kier alpha value is -5.37. The summed E-state index contributed by atoms with van der Waals surface area (Å²) in [6, 6.07) is 36.3. The Balaban J connectivity index is 1.39. The Labute approximate surface area is 224 Å². The van der Waals surface area contributed by atoms with Crippen LogP contribution in [-0.4, -0.2) is 35.2 Å². The molecule has 3 aromatic heterocycles.